The first-order valence-corrected chi connectivity index (χ1v) is 9.81. The Labute approximate surface area is 160 Å². The lowest BCUT2D eigenvalue weighted by Gasteiger charge is -2.27. The number of rotatable bonds is 3. The van der Waals surface area contributed by atoms with Crippen LogP contribution in [0.5, 0.6) is 0 Å². The topological polar surface area (TPSA) is 41.9 Å². The van der Waals surface area contributed by atoms with Gasteiger partial charge in [-0.2, -0.15) is 11.8 Å². The first-order valence-electron chi connectivity index (χ1n) is 8.28. The van der Waals surface area contributed by atoms with Crippen LogP contribution in [-0.2, 0) is 0 Å². The van der Waals surface area contributed by atoms with Crippen LogP contribution in [0.25, 0.3) is 22.5 Å². The Morgan fingerprint density at radius 2 is 1.77 bits per heavy atom. The van der Waals surface area contributed by atoms with Crippen LogP contribution < -0.4 is 4.90 Å². The summed E-state index contributed by atoms with van der Waals surface area (Å²) < 4.78 is 13.3. The van der Waals surface area contributed by atoms with Crippen LogP contribution in [0.3, 0.4) is 0 Å². The first kappa shape index (κ1) is 17.2. The van der Waals surface area contributed by atoms with Gasteiger partial charge in [0, 0.05) is 48.1 Å². The minimum absolute atomic E-state index is 0.285. The predicted octanol–water partition coefficient (Wildman–Crippen LogP) is 4.55. The summed E-state index contributed by atoms with van der Waals surface area (Å²) >= 11 is 8.32. The maximum atomic E-state index is 13.3. The Bertz CT molecular complexity index is 914. The number of halogens is 2. The fourth-order valence-corrected chi connectivity index (χ4v) is 4.01. The molecule has 4 nitrogen and oxygen atoms in total. The molecule has 1 aliphatic heterocycles. The van der Waals surface area contributed by atoms with Gasteiger partial charge in [0.2, 0.25) is 0 Å². The smallest absolute Gasteiger partial charge is 0.147 e. The van der Waals surface area contributed by atoms with Gasteiger partial charge in [-0.15, -0.1) is 0 Å². The predicted molar refractivity (Wildman–Crippen MR) is 105 cm³/mol. The molecular weight excluding hydrogens is 371 g/mol. The van der Waals surface area contributed by atoms with E-state index < -0.39 is 0 Å². The van der Waals surface area contributed by atoms with Gasteiger partial charge in [-0.1, -0.05) is 11.6 Å². The highest BCUT2D eigenvalue weighted by atomic mass is 35.5. The standard InChI is InChI=1S/C19H16ClFN4S/c20-16-11-22-6-5-15(16)19-18(13-1-3-14(21)4-2-13)23-12-17(24-19)25-7-9-26-10-8-25/h1-6,11-12H,7-10H2. The van der Waals surface area contributed by atoms with Crippen molar-refractivity contribution >= 4 is 29.2 Å². The van der Waals surface area contributed by atoms with E-state index in [-0.39, 0.29) is 5.82 Å². The molecule has 1 fully saturated rings. The molecule has 0 aliphatic carbocycles. The van der Waals surface area contributed by atoms with E-state index in [1.54, 1.807) is 30.7 Å². The molecule has 0 amide bonds. The highest BCUT2D eigenvalue weighted by Gasteiger charge is 2.19. The van der Waals surface area contributed by atoms with E-state index in [0.29, 0.717) is 16.4 Å². The fourth-order valence-electron chi connectivity index (χ4n) is 2.90. The van der Waals surface area contributed by atoms with Gasteiger partial charge in [0.1, 0.15) is 17.3 Å². The zero-order valence-electron chi connectivity index (χ0n) is 13.9. The number of hydrogen-bond acceptors (Lipinski definition) is 5. The maximum Gasteiger partial charge on any atom is 0.147 e. The Hall–Kier alpha value is -2.18. The summed E-state index contributed by atoms with van der Waals surface area (Å²) in [4.78, 5) is 15.8. The molecule has 2 aromatic heterocycles. The Kier molecular flexibility index (Phi) is 5.04. The van der Waals surface area contributed by atoms with Crippen molar-refractivity contribution in [3.8, 4) is 22.5 Å². The maximum absolute atomic E-state index is 13.3. The second-order valence-corrected chi connectivity index (χ2v) is 7.52. The summed E-state index contributed by atoms with van der Waals surface area (Å²) in [6.07, 6.45) is 5.06. The summed E-state index contributed by atoms with van der Waals surface area (Å²) in [7, 11) is 0. The van der Waals surface area contributed by atoms with Gasteiger partial charge in [0.25, 0.3) is 0 Å². The molecule has 1 aliphatic rings. The van der Waals surface area contributed by atoms with Crippen molar-refractivity contribution in [3.05, 3.63) is 59.8 Å². The van der Waals surface area contributed by atoms with Gasteiger partial charge in [0.15, 0.2) is 0 Å². The molecule has 0 spiro atoms. The quantitative estimate of drug-likeness (QED) is 0.660. The molecule has 3 heterocycles. The van der Waals surface area contributed by atoms with Crippen molar-refractivity contribution in [2.45, 2.75) is 0 Å². The van der Waals surface area contributed by atoms with E-state index in [0.717, 1.165) is 41.5 Å². The normalized spacial score (nSPS) is 14.5. The van der Waals surface area contributed by atoms with Crippen LogP contribution in [0, 0.1) is 5.82 Å². The zero-order valence-corrected chi connectivity index (χ0v) is 15.5. The molecular formula is C19H16ClFN4S. The van der Waals surface area contributed by atoms with Crippen molar-refractivity contribution in [2.75, 3.05) is 29.5 Å². The lowest BCUT2D eigenvalue weighted by Crippen LogP contribution is -2.33. The van der Waals surface area contributed by atoms with Gasteiger partial charge in [-0.05, 0) is 30.3 Å². The average molecular weight is 387 g/mol. The fraction of sp³-hybridized carbons (Fsp3) is 0.211. The molecule has 0 N–H and O–H groups in total. The van der Waals surface area contributed by atoms with E-state index in [1.807, 2.05) is 17.8 Å². The average Bonchev–Trinajstić information content (AvgIpc) is 2.69. The molecule has 1 saturated heterocycles. The summed E-state index contributed by atoms with van der Waals surface area (Å²) in [5.41, 5.74) is 2.91. The van der Waals surface area contributed by atoms with Gasteiger partial charge < -0.3 is 4.90 Å². The van der Waals surface area contributed by atoms with E-state index in [1.165, 1.54) is 12.1 Å². The Morgan fingerprint density at radius 3 is 2.50 bits per heavy atom. The van der Waals surface area contributed by atoms with Crippen molar-refractivity contribution in [1.82, 2.24) is 15.0 Å². The van der Waals surface area contributed by atoms with Crippen LogP contribution in [0.15, 0.2) is 48.9 Å². The first-order chi connectivity index (χ1) is 12.7. The third-order valence-electron chi connectivity index (χ3n) is 4.24. The van der Waals surface area contributed by atoms with E-state index in [9.17, 15) is 4.39 Å². The summed E-state index contributed by atoms with van der Waals surface area (Å²) in [5, 5.41) is 0.511. The summed E-state index contributed by atoms with van der Waals surface area (Å²) in [6.45, 7) is 1.89. The largest absolute Gasteiger partial charge is 0.354 e. The Balaban J connectivity index is 1.85. The molecule has 3 aromatic rings. The molecule has 1 aromatic carbocycles. The van der Waals surface area contributed by atoms with Crippen LogP contribution in [-0.4, -0.2) is 39.5 Å². The lowest BCUT2D eigenvalue weighted by atomic mass is 10.0. The monoisotopic (exact) mass is 386 g/mol. The minimum Gasteiger partial charge on any atom is -0.354 e. The number of pyridine rings is 1. The molecule has 26 heavy (non-hydrogen) atoms. The number of hydrogen-bond donors (Lipinski definition) is 0. The SMILES string of the molecule is Fc1ccc(-c2ncc(N3CCSCC3)nc2-c2ccncc2Cl)cc1. The third-order valence-corrected chi connectivity index (χ3v) is 5.48. The second kappa shape index (κ2) is 7.60. The molecule has 0 saturated carbocycles. The van der Waals surface area contributed by atoms with Crippen molar-refractivity contribution in [1.29, 1.82) is 0 Å². The number of anilines is 1. The molecule has 0 atom stereocenters. The summed E-state index contributed by atoms with van der Waals surface area (Å²) in [5.74, 6) is 2.70. The van der Waals surface area contributed by atoms with Crippen molar-refractivity contribution in [3.63, 3.8) is 0 Å². The minimum atomic E-state index is -0.285. The lowest BCUT2D eigenvalue weighted by molar-refractivity contribution is 0.628. The van der Waals surface area contributed by atoms with Gasteiger partial charge in [-0.3, -0.25) is 9.97 Å². The highest BCUT2D eigenvalue weighted by Crippen LogP contribution is 2.34. The number of thioether (sulfide) groups is 1. The number of benzene rings is 1. The molecule has 132 valence electrons. The van der Waals surface area contributed by atoms with E-state index in [2.05, 4.69) is 14.9 Å². The number of nitrogens with zero attached hydrogens (tertiary/aromatic N) is 4. The molecule has 0 unspecified atom stereocenters. The molecule has 0 radical (unpaired) electrons. The summed E-state index contributed by atoms with van der Waals surface area (Å²) in [6, 6.07) is 8.08. The van der Waals surface area contributed by atoms with Crippen LogP contribution in [0.2, 0.25) is 5.02 Å². The van der Waals surface area contributed by atoms with Crippen molar-refractivity contribution < 1.29 is 4.39 Å². The molecule has 0 bridgehead atoms. The number of aromatic nitrogens is 3. The van der Waals surface area contributed by atoms with E-state index >= 15 is 0 Å². The van der Waals surface area contributed by atoms with Crippen LogP contribution in [0.1, 0.15) is 0 Å². The highest BCUT2D eigenvalue weighted by molar-refractivity contribution is 7.99. The van der Waals surface area contributed by atoms with E-state index in [4.69, 9.17) is 16.6 Å². The van der Waals surface area contributed by atoms with Gasteiger partial charge >= 0.3 is 0 Å². The Morgan fingerprint density at radius 1 is 1.00 bits per heavy atom. The van der Waals surface area contributed by atoms with Gasteiger partial charge in [-0.25, -0.2) is 9.37 Å². The zero-order chi connectivity index (χ0) is 17.9. The van der Waals surface area contributed by atoms with Crippen LogP contribution in [0.4, 0.5) is 10.2 Å². The van der Waals surface area contributed by atoms with Gasteiger partial charge in [0.05, 0.1) is 16.9 Å². The molecule has 7 heteroatoms. The van der Waals surface area contributed by atoms with Crippen LogP contribution >= 0.6 is 23.4 Å². The second-order valence-electron chi connectivity index (χ2n) is 5.89. The molecule has 4 rings (SSSR count). The third kappa shape index (κ3) is 3.52. The van der Waals surface area contributed by atoms with Crippen molar-refractivity contribution in [2.24, 2.45) is 0 Å².